The molecule has 25 heavy (non-hydrogen) atoms. The summed E-state index contributed by atoms with van der Waals surface area (Å²) in [7, 11) is 0. The standard InChI is InChI=1S/C20H23N3O2/c1-6-23(14(4)17-9-7-16(11-21)8-10-17)20(25)19-12(2)18(15(5)24)13(3)22-19/h7-10,14,22H,6H2,1-5H3. The summed E-state index contributed by atoms with van der Waals surface area (Å²) >= 11 is 0. The first-order valence-corrected chi connectivity index (χ1v) is 8.32. The molecule has 0 spiro atoms. The number of benzene rings is 1. The minimum atomic E-state index is -0.144. The Labute approximate surface area is 148 Å². The molecule has 5 nitrogen and oxygen atoms in total. The molecule has 0 bridgehead atoms. The van der Waals surface area contributed by atoms with Crippen molar-refractivity contribution in [1.29, 1.82) is 5.26 Å². The van der Waals surface area contributed by atoms with E-state index in [-0.39, 0.29) is 17.7 Å². The van der Waals surface area contributed by atoms with Crippen LogP contribution in [0.25, 0.3) is 0 Å². The highest BCUT2D eigenvalue weighted by atomic mass is 16.2. The number of aromatic nitrogens is 1. The van der Waals surface area contributed by atoms with Gasteiger partial charge in [-0.1, -0.05) is 12.1 Å². The Morgan fingerprint density at radius 2 is 1.84 bits per heavy atom. The average molecular weight is 337 g/mol. The summed E-state index contributed by atoms with van der Waals surface area (Å²) in [5.41, 5.74) is 4.01. The van der Waals surface area contributed by atoms with E-state index in [1.165, 1.54) is 6.92 Å². The summed E-state index contributed by atoms with van der Waals surface area (Å²) < 4.78 is 0. The van der Waals surface area contributed by atoms with Gasteiger partial charge in [0.05, 0.1) is 17.7 Å². The van der Waals surface area contributed by atoms with E-state index in [1.807, 2.05) is 26.0 Å². The van der Waals surface area contributed by atoms with Crippen molar-refractivity contribution in [3.63, 3.8) is 0 Å². The summed E-state index contributed by atoms with van der Waals surface area (Å²) in [6.07, 6.45) is 0. The fraction of sp³-hybridized carbons (Fsp3) is 0.350. The van der Waals surface area contributed by atoms with Gasteiger partial charge in [-0.15, -0.1) is 0 Å². The Morgan fingerprint density at radius 1 is 1.24 bits per heavy atom. The first-order valence-electron chi connectivity index (χ1n) is 8.32. The fourth-order valence-corrected chi connectivity index (χ4v) is 3.25. The molecular weight excluding hydrogens is 314 g/mol. The first-order chi connectivity index (χ1) is 11.8. The van der Waals surface area contributed by atoms with Crippen molar-refractivity contribution in [2.75, 3.05) is 6.54 Å². The van der Waals surface area contributed by atoms with Crippen molar-refractivity contribution in [1.82, 2.24) is 9.88 Å². The molecule has 0 saturated carbocycles. The number of aromatic amines is 1. The number of nitrogens with one attached hydrogen (secondary N) is 1. The predicted octanol–water partition coefficient (Wildman–Crippen LogP) is 3.93. The van der Waals surface area contributed by atoms with E-state index >= 15 is 0 Å². The highest BCUT2D eigenvalue weighted by Crippen LogP contribution is 2.25. The number of carbonyl (C=O) groups excluding carboxylic acids is 2. The molecule has 1 aromatic carbocycles. The lowest BCUT2D eigenvalue weighted by Crippen LogP contribution is -2.34. The Kier molecular flexibility index (Phi) is 5.43. The van der Waals surface area contributed by atoms with E-state index in [0.717, 1.165) is 11.3 Å². The molecule has 1 unspecified atom stereocenters. The third-order valence-corrected chi connectivity index (χ3v) is 4.59. The topological polar surface area (TPSA) is 77.0 Å². The van der Waals surface area contributed by atoms with E-state index in [1.54, 1.807) is 30.9 Å². The van der Waals surface area contributed by atoms with Crippen molar-refractivity contribution in [2.45, 2.75) is 40.7 Å². The lowest BCUT2D eigenvalue weighted by molar-refractivity contribution is 0.0696. The molecule has 0 aliphatic rings. The second-order valence-electron chi connectivity index (χ2n) is 6.18. The first kappa shape index (κ1) is 18.5. The van der Waals surface area contributed by atoms with Gasteiger partial charge in [0.25, 0.3) is 5.91 Å². The second-order valence-corrected chi connectivity index (χ2v) is 6.18. The monoisotopic (exact) mass is 337 g/mol. The highest BCUT2D eigenvalue weighted by molar-refractivity contribution is 6.02. The highest BCUT2D eigenvalue weighted by Gasteiger charge is 2.26. The van der Waals surface area contributed by atoms with Gasteiger partial charge in [-0.05, 0) is 57.9 Å². The molecule has 5 heteroatoms. The number of rotatable bonds is 5. The van der Waals surface area contributed by atoms with Crippen LogP contribution in [0.4, 0.5) is 0 Å². The fourth-order valence-electron chi connectivity index (χ4n) is 3.25. The quantitative estimate of drug-likeness (QED) is 0.840. The average Bonchev–Trinajstić information content (AvgIpc) is 2.89. The summed E-state index contributed by atoms with van der Waals surface area (Å²) in [5.74, 6) is -0.180. The molecule has 1 aromatic heterocycles. The zero-order valence-corrected chi connectivity index (χ0v) is 15.3. The molecule has 0 aliphatic heterocycles. The van der Waals surface area contributed by atoms with Gasteiger partial charge in [-0.25, -0.2) is 0 Å². The zero-order chi connectivity index (χ0) is 18.7. The maximum Gasteiger partial charge on any atom is 0.271 e. The molecule has 1 heterocycles. The van der Waals surface area contributed by atoms with Crippen LogP contribution >= 0.6 is 0 Å². The van der Waals surface area contributed by atoms with Gasteiger partial charge in [0.1, 0.15) is 5.69 Å². The molecule has 0 saturated heterocycles. The van der Waals surface area contributed by atoms with Gasteiger partial charge in [0.2, 0.25) is 0 Å². The number of nitrogens with zero attached hydrogens (tertiary/aromatic N) is 2. The largest absolute Gasteiger partial charge is 0.354 e. The van der Waals surface area contributed by atoms with Crippen LogP contribution in [0.15, 0.2) is 24.3 Å². The summed E-state index contributed by atoms with van der Waals surface area (Å²) in [6.45, 7) is 9.53. The molecule has 2 aromatic rings. The van der Waals surface area contributed by atoms with E-state index in [4.69, 9.17) is 5.26 Å². The predicted molar refractivity (Wildman–Crippen MR) is 96.6 cm³/mol. The number of ketones is 1. The van der Waals surface area contributed by atoms with Crippen LogP contribution in [-0.4, -0.2) is 28.1 Å². The molecule has 1 amide bonds. The van der Waals surface area contributed by atoms with Crippen molar-refractivity contribution < 1.29 is 9.59 Å². The van der Waals surface area contributed by atoms with Gasteiger partial charge in [0.15, 0.2) is 5.78 Å². The van der Waals surface area contributed by atoms with Crippen molar-refractivity contribution in [3.8, 4) is 6.07 Å². The van der Waals surface area contributed by atoms with Crippen LogP contribution in [0.2, 0.25) is 0 Å². The number of carbonyl (C=O) groups is 2. The zero-order valence-electron chi connectivity index (χ0n) is 15.3. The third kappa shape index (κ3) is 3.48. The number of Topliss-reactive ketones (excluding diaryl/α,β-unsaturated/α-hetero) is 1. The molecule has 0 radical (unpaired) electrons. The SMILES string of the molecule is CCN(C(=O)c1[nH]c(C)c(C(C)=O)c1C)C(C)c1ccc(C#N)cc1. The van der Waals surface area contributed by atoms with E-state index in [9.17, 15) is 9.59 Å². The van der Waals surface area contributed by atoms with E-state index in [2.05, 4.69) is 11.1 Å². The maximum absolute atomic E-state index is 13.1. The molecule has 1 atom stereocenters. The lowest BCUT2D eigenvalue weighted by atomic mass is 10.0. The molecule has 130 valence electrons. The Balaban J connectivity index is 2.37. The van der Waals surface area contributed by atoms with Gasteiger partial charge >= 0.3 is 0 Å². The molecule has 1 N–H and O–H groups in total. The number of H-pyrrole nitrogens is 1. The normalized spacial score (nSPS) is 11.7. The third-order valence-electron chi connectivity index (χ3n) is 4.59. The Morgan fingerprint density at radius 3 is 2.28 bits per heavy atom. The number of nitriles is 1. The van der Waals surface area contributed by atoms with Crippen LogP contribution < -0.4 is 0 Å². The van der Waals surface area contributed by atoms with Crippen LogP contribution in [0.5, 0.6) is 0 Å². The van der Waals surface area contributed by atoms with Crippen LogP contribution in [0, 0.1) is 25.2 Å². The number of hydrogen-bond donors (Lipinski definition) is 1. The van der Waals surface area contributed by atoms with Crippen LogP contribution in [-0.2, 0) is 0 Å². The van der Waals surface area contributed by atoms with Crippen LogP contribution in [0.1, 0.15) is 70.0 Å². The minimum absolute atomic E-state index is 0.0477. The minimum Gasteiger partial charge on any atom is -0.354 e. The molecule has 0 fully saturated rings. The Bertz CT molecular complexity index is 841. The summed E-state index contributed by atoms with van der Waals surface area (Å²) in [5, 5.41) is 8.92. The van der Waals surface area contributed by atoms with Crippen molar-refractivity contribution >= 4 is 11.7 Å². The van der Waals surface area contributed by atoms with Gasteiger partial charge in [-0.2, -0.15) is 5.26 Å². The van der Waals surface area contributed by atoms with E-state index < -0.39 is 0 Å². The smallest absolute Gasteiger partial charge is 0.271 e. The number of aryl methyl sites for hydroxylation is 1. The maximum atomic E-state index is 13.1. The molecule has 2 rings (SSSR count). The summed E-state index contributed by atoms with van der Waals surface area (Å²) in [6, 6.07) is 9.19. The number of hydrogen-bond acceptors (Lipinski definition) is 3. The second kappa shape index (κ2) is 7.35. The van der Waals surface area contributed by atoms with Crippen molar-refractivity contribution in [2.24, 2.45) is 0 Å². The summed E-state index contributed by atoms with van der Waals surface area (Å²) in [4.78, 5) is 29.7. The van der Waals surface area contributed by atoms with Gasteiger partial charge in [0, 0.05) is 17.8 Å². The van der Waals surface area contributed by atoms with Gasteiger partial charge < -0.3 is 9.88 Å². The Hall–Kier alpha value is -2.87. The molecular formula is C20H23N3O2. The van der Waals surface area contributed by atoms with Crippen LogP contribution in [0.3, 0.4) is 0 Å². The van der Waals surface area contributed by atoms with E-state index in [0.29, 0.717) is 28.9 Å². The number of amides is 1. The van der Waals surface area contributed by atoms with Gasteiger partial charge in [-0.3, -0.25) is 9.59 Å². The lowest BCUT2D eigenvalue weighted by Gasteiger charge is -2.28. The molecule has 0 aliphatic carbocycles. The van der Waals surface area contributed by atoms with Crippen molar-refractivity contribution in [3.05, 3.63) is 57.9 Å².